The van der Waals surface area contributed by atoms with Gasteiger partial charge in [-0.05, 0) is 28.9 Å². The molecule has 0 saturated heterocycles. The highest BCUT2D eigenvalue weighted by atomic mass is 79.9. The van der Waals surface area contributed by atoms with Gasteiger partial charge in [0.25, 0.3) is 0 Å². The van der Waals surface area contributed by atoms with Gasteiger partial charge in [0.05, 0.1) is 22.5 Å². The second-order valence-corrected chi connectivity index (χ2v) is 4.08. The monoisotopic (exact) mass is 270 g/mol. The Kier molecular flexibility index (Phi) is 3.23. The molecule has 2 aromatic heterocycles. The SMILES string of the molecule is CC(NCc1ccon1)c1occc1Br. The van der Waals surface area contributed by atoms with Crippen LogP contribution in [0.25, 0.3) is 0 Å². The van der Waals surface area contributed by atoms with Crippen molar-refractivity contribution < 1.29 is 8.94 Å². The van der Waals surface area contributed by atoms with Crippen LogP contribution in [0.15, 0.2) is 38.1 Å². The van der Waals surface area contributed by atoms with Crippen LogP contribution in [0, 0.1) is 0 Å². The van der Waals surface area contributed by atoms with E-state index >= 15 is 0 Å². The van der Waals surface area contributed by atoms with E-state index in [-0.39, 0.29) is 6.04 Å². The van der Waals surface area contributed by atoms with E-state index < -0.39 is 0 Å². The summed E-state index contributed by atoms with van der Waals surface area (Å²) in [6, 6.07) is 3.84. The van der Waals surface area contributed by atoms with Gasteiger partial charge in [-0.1, -0.05) is 5.16 Å². The molecule has 0 aliphatic heterocycles. The van der Waals surface area contributed by atoms with Crippen LogP contribution in [-0.2, 0) is 6.54 Å². The van der Waals surface area contributed by atoms with Crippen molar-refractivity contribution in [2.75, 3.05) is 0 Å². The number of aromatic nitrogens is 1. The lowest BCUT2D eigenvalue weighted by Crippen LogP contribution is -2.18. The number of nitrogens with one attached hydrogen (secondary N) is 1. The minimum atomic E-state index is 0.131. The van der Waals surface area contributed by atoms with E-state index in [1.54, 1.807) is 12.5 Å². The Bertz CT molecular complexity index is 411. The van der Waals surface area contributed by atoms with Gasteiger partial charge in [-0.15, -0.1) is 0 Å². The highest BCUT2D eigenvalue weighted by Crippen LogP contribution is 2.24. The van der Waals surface area contributed by atoms with Gasteiger partial charge >= 0.3 is 0 Å². The van der Waals surface area contributed by atoms with Crippen LogP contribution in [0.5, 0.6) is 0 Å². The minimum absolute atomic E-state index is 0.131. The molecule has 80 valence electrons. The molecule has 1 unspecified atom stereocenters. The summed E-state index contributed by atoms with van der Waals surface area (Å²) in [7, 11) is 0. The number of halogens is 1. The molecule has 5 heteroatoms. The van der Waals surface area contributed by atoms with Gasteiger partial charge in [-0.2, -0.15) is 0 Å². The number of nitrogens with zero attached hydrogens (tertiary/aromatic N) is 1. The molecule has 4 nitrogen and oxygen atoms in total. The Labute approximate surface area is 95.8 Å². The molecule has 0 bridgehead atoms. The van der Waals surface area contributed by atoms with Crippen LogP contribution in [0.2, 0.25) is 0 Å². The van der Waals surface area contributed by atoms with Crippen LogP contribution in [-0.4, -0.2) is 5.16 Å². The first kappa shape index (κ1) is 10.4. The molecule has 15 heavy (non-hydrogen) atoms. The van der Waals surface area contributed by atoms with Gasteiger partial charge in [0, 0.05) is 12.6 Å². The molecular weight excluding hydrogens is 260 g/mol. The molecule has 2 rings (SSSR count). The first-order valence-corrected chi connectivity index (χ1v) is 5.42. The molecule has 0 amide bonds. The largest absolute Gasteiger partial charge is 0.466 e. The maximum atomic E-state index is 5.34. The lowest BCUT2D eigenvalue weighted by Gasteiger charge is -2.10. The molecule has 0 aliphatic rings. The summed E-state index contributed by atoms with van der Waals surface area (Å²) in [5, 5.41) is 7.09. The molecule has 0 saturated carbocycles. The topological polar surface area (TPSA) is 51.2 Å². The molecule has 0 aromatic carbocycles. The number of hydrogen-bond acceptors (Lipinski definition) is 4. The standard InChI is InChI=1S/C10H11BrN2O2/c1-7(10-9(11)3-4-14-10)12-6-8-2-5-15-13-8/h2-5,7,12H,6H2,1H3. The zero-order valence-corrected chi connectivity index (χ0v) is 9.82. The maximum absolute atomic E-state index is 5.34. The van der Waals surface area contributed by atoms with E-state index in [4.69, 9.17) is 8.94 Å². The van der Waals surface area contributed by atoms with Crippen LogP contribution >= 0.6 is 15.9 Å². The van der Waals surface area contributed by atoms with Crippen molar-refractivity contribution in [3.8, 4) is 0 Å². The lowest BCUT2D eigenvalue weighted by atomic mass is 10.2. The molecule has 0 aliphatic carbocycles. The fourth-order valence-electron chi connectivity index (χ4n) is 1.29. The van der Waals surface area contributed by atoms with Crippen molar-refractivity contribution in [1.29, 1.82) is 0 Å². The number of furan rings is 1. The van der Waals surface area contributed by atoms with Gasteiger partial charge < -0.3 is 14.3 Å². The summed E-state index contributed by atoms with van der Waals surface area (Å²) in [4.78, 5) is 0. The second-order valence-electron chi connectivity index (χ2n) is 3.23. The maximum Gasteiger partial charge on any atom is 0.134 e. The van der Waals surface area contributed by atoms with Crippen molar-refractivity contribution in [1.82, 2.24) is 10.5 Å². The summed E-state index contributed by atoms with van der Waals surface area (Å²) in [5.41, 5.74) is 0.879. The molecule has 1 N–H and O–H groups in total. The zero-order valence-electron chi connectivity index (χ0n) is 8.24. The Morgan fingerprint density at radius 2 is 2.33 bits per heavy atom. The average molecular weight is 271 g/mol. The quantitative estimate of drug-likeness (QED) is 0.928. The summed E-state index contributed by atoms with van der Waals surface area (Å²) in [6.45, 7) is 2.69. The summed E-state index contributed by atoms with van der Waals surface area (Å²) < 4.78 is 11.1. The predicted octanol–water partition coefficient (Wildman–Crippen LogP) is 2.88. The summed E-state index contributed by atoms with van der Waals surface area (Å²) >= 11 is 3.42. The van der Waals surface area contributed by atoms with Crippen LogP contribution < -0.4 is 5.32 Å². The number of hydrogen-bond donors (Lipinski definition) is 1. The van der Waals surface area contributed by atoms with E-state index in [0.29, 0.717) is 6.54 Å². The lowest BCUT2D eigenvalue weighted by molar-refractivity contribution is 0.395. The Morgan fingerprint density at radius 3 is 2.93 bits per heavy atom. The van der Waals surface area contributed by atoms with Gasteiger partial charge in [0.2, 0.25) is 0 Å². The van der Waals surface area contributed by atoms with Gasteiger partial charge in [-0.3, -0.25) is 0 Å². The Hall–Kier alpha value is -1.07. The van der Waals surface area contributed by atoms with Gasteiger partial charge in [0.1, 0.15) is 12.0 Å². The molecular formula is C10H11BrN2O2. The fraction of sp³-hybridized carbons (Fsp3) is 0.300. The highest BCUT2D eigenvalue weighted by Gasteiger charge is 2.12. The van der Waals surface area contributed by atoms with Crippen molar-refractivity contribution in [2.45, 2.75) is 19.5 Å². The summed E-state index contributed by atoms with van der Waals surface area (Å²) in [6.07, 6.45) is 3.22. The van der Waals surface area contributed by atoms with Crippen LogP contribution in [0.1, 0.15) is 24.4 Å². The highest BCUT2D eigenvalue weighted by molar-refractivity contribution is 9.10. The van der Waals surface area contributed by atoms with Crippen LogP contribution in [0.3, 0.4) is 0 Å². The molecule has 1 atom stereocenters. The van der Waals surface area contributed by atoms with E-state index in [1.807, 2.05) is 19.1 Å². The normalized spacial score (nSPS) is 12.9. The van der Waals surface area contributed by atoms with E-state index in [0.717, 1.165) is 15.9 Å². The fourth-order valence-corrected chi connectivity index (χ4v) is 1.84. The molecule has 0 fully saturated rings. The third-order valence-corrected chi connectivity index (χ3v) is 2.77. The van der Waals surface area contributed by atoms with Crippen molar-refractivity contribution in [3.05, 3.63) is 40.6 Å². The molecule has 0 spiro atoms. The second kappa shape index (κ2) is 4.63. The third-order valence-electron chi connectivity index (χ3n) is 2.12. The van der Waals surface area contributed by atoms with Crippen molar-refractivity contribution in [2.24, 2.45) is 0 Å². The summed E-state index contributed by atoms with van der Waals surface area (Å²) in [5.74, 6) is 0.887. The average Bonchev–Trinajstić information content (AvgIpc) is 2.84. The first-order chi connectivity index (χ1) is 7.27. The van der Waals surface area contributed by atoms with E-state index in [1.165, 1.54) is 0 Å². The molecule has 2 aromatic rings. The Balaban J connectivity index is 1.93. The van der Waals surface area contributed by atoms with Gasteiger partial charge in [-0.25, -0.2) is 0 Å². The molecule has 0 radical (unpaired) electrons. The van der Waals surface area contributed by atoms with E-state index in [2.05, 4.69) is 26.4 Å². The first-order valence-electron chi connectivity index (χ1n) is 4.63. The number of rotatable bonds is 4. The zero-order chi connectivity index (χ0) is 10.7. The van der Waals surface area contributed by atoms with Crippen molar-refractivity contribution >= 4 is 15.9 Å². The van der Waals surface area contributed by atoms with Crippen LogP contribution in [0.4, 0.5) is 0 Å². The minimum Gasteiger partial charge on any atom is -0.466 e. The third kappa shape index (κ3) is 2.49. The predicted molar refractivity (Wildman–Crippen MR) is 58.2 cm³/mol. The van der Waals surface area contributed by atoms with Gasteiger partial charge in [0.15, 0.2) is 0 Å². The Morgan fingerprint density at radius 1 is 1.47 bits per heavy atom. The van der Waals surface area contributed by atoms with Crippen molar-refractivity contribution in [3.63, 3.8) is 0 Å². The smallest absolute Gasteiger partial charge is 0.134 e. The molecule has 2 heterocycles. The van der Waals surface area contributed by atoms with E-state index in [9.17, 15) is 0 Å².